The second-order valence-corrected chi connectivity index (χ2v) is 19.3. The number of benzene rings is 1. The topological polar surface area (TPSA) is 275 Å². The van der Waals surface area contributed by atoms with Crippen molar-refractivity contribution in [1.82, 2.24) is 9.55 Å². The number of pyridine rings is 2. The molecule has 1 spiro atoms. The Morgan fingerprint density at radius 2 is 1.42 bits per heavy atom. The summed E-state index contributed by atoms with van der Waals surface area (Å²) in [6, 6.07) is 12.4. The first-order chi connectivity index (χ1) is 33.9. The lowest BCUT2D eigenvalue weighted by Gasteiger charge is -2.67. The minimum atomic E-state index is -2.99. The molecule has 4 aliphatic rings. The highest BCUT2D eigenvalue weighted by Crippen LogP contribution is 2.70. The van der Waals surface area contributed by atoms with Gasteiger partial charge in [0, 0.05) is 52.2 Å². The van der Waals surface area contributed by atoms with Gasteiger partial charge in [0.15, 0.2) is 30.0 Å². The first-order valence-corrected chi connectivity index (χ1v) is 23.4. The van der Waals surface area contributed by atoms with E-state index in [4.69, 9.17) is 42.6 Å². The molecule has 0 amide bonds. The SMILES string of the molecule is CCC(C)C(=O)OCC12C(OC(C)=O)C(OC(C)=O)C3C(OC(C)=O)C14OC3(C)COC(=O)c1cccnc1C(C)C(C)C(=O)OC(C(OC(=O)c1ccc(=O)n(C)c1)C2OC(=O)c1ccccc1)C4(C)O. The van der Waals surface area contributed by atoms with Gasteiger partial charge in [-0.15, -0.1) is 0 Å². The van der Waals surface area contributed by atoms with Gasteiger partial charge in [0.2, 0.25) is 5.56 Å². The van der Waals surface area contributed by atoms with Crippen molar-refractivity contribution < 1.29 is 86.1 Å². The first kappa shape index (κ1) is 52.8. The summed E-state index contributed by atoms with van der Waals surface area (Å²) in [6.07, 6.45) is -10.2. The van der Waals surface area contributed by atoms with E-state index in [-0.39, 0.29) is 28.8 Å². The summed E-state index contributed by atoms with van der Waals surface area (Å²) < 4.78 is 58.4. The summed E-state index contributed by atoms with van der Waals surface area (Å²) in [5, 5.41) is 14.1. The molecule has 3 aromatic rings. The monoisotopic (exact) mass is 1000 g/mol. The third kappa shape index (κ3) is 8.90. The van der Waals surface area contributed by atoms with E-state index in [1.54, 1.807) is 19.9 Å². The Balaban J connectivity index is 1.67. The first-order valence-electron chi connectivity index (χ1n) is 23.4. The van der Waals surface area contributed by atoms with E-state index in [0.717, 1.165) is 50.6 Å². The third-order valence-corrected chi connectivity index (χ3v) is 14.6. The number of nitrogens with zero attached hydrogens (tertiary/aromatic N) is 2. The Hall–Kier alpha value is -7.00. The van der Waals surface area contributed by atoms with Crippen molar-refractivity contribution in [2.75, 3.05) is 13.2 Å². The number of esters is 8. The third-order valence-electron chi connectivity index (χ3n) is 14.6. The number of aryl methyl sites for hydroxylation is 1. The molecule has 21 heteroatoms. The van der Waals surface area contributed by atoms with Crippen LogP contribution in [0.1, 0.15) is 111 Å². The van der Waals surface area contributed by atoms with Crippen molar-refractivity contribution in [2.24, 2.45) is 30.2 Å². The van der Waals surface area contributed by atoms with Gasteiger partial charge < -0.3 is 52.3 Å². The molecular weight excluding hydrogens is 945 g/mol. The number of rotatable bonds is 11. The zero-order chi connectivity index (χ0) is 52.8. The maximum atomic E-state index is 15.0. The Morgan fingerprint density at radius 1 is 0.792 bits per heavy atom. The second kappa shape index (κ2) is 19.9. The quantitative estimate of drug-likeness (QED) is 0.213. The Morgan fingerprint density at radius 3 is 2.04 bits per heavy atom. The van der Waals surface area contributed by atoms with E-state index in [1.165, 1.54) is 70.4 Å². The average molecular weight is 1000 g/mol. The van der Waals surface area contributed by atoms with E-state index in [1.807, 2.05) is 0 Å². The standard InChI is InChI=1S/C51H58N2O19/c1-11-25(2)43(58)65-24-50-41(68-30(7)56)37(66-28(5)54)35-39(67-29(6)55)51(50)49(9,63)40(70-44(59)27(4)26(3)36-33(18-15-21-52-36)47(62)64-23-48(35,8)72-51)38(42(50)71-45(60)31-16-13-12-14-17-31)69-46(61)32-19-20-34(57)53(10)22-32/h12-22,25-27,35,37-42,63H,11,23-24H2,1-10H3. The Labute approximate surface area is 413 Å². The van der Waals surface area contributed by atoms with Gasteiger partial charge in [-0.25, -0.2) is 14.4 Å². The van der Waals surface area contributed by atoms with Crippen molar-refractivity contribution in [2.45, 2.75) is 128 Å². The lowest BCUT2D eigenvalue weighted by atomic mass is 9.45. The number of carbonyl (C=O) groups excluding carboxylic acids is 8. The Bertz CT molecular complexity index is 2720. The zero-order valence-electron chi connectivity index (χ0n) is 41.4. The maximum Gasteiger partial charge on any atom is 0.340 e. The van der Waals surface area contributed by atoms with Crippen molar-refractivity contribution in [3.63, 3.8) is 0 Å². The largest absolute Gasteiger partial charge is 0.464 e. The molecule has 7 rings (SSSR count). The van der Waals surface area contributed by atoms with Gasteiger partial charge in [-0.2, -0.15) is 0 Å². The molecule has 1 N–H and O–H groups in total. The number of aliphatic hydroxyl groups is 1. The van der Waals surface area contributed by atoms with Crippen molar-refractivity contribution in [3.8, 4) is 0 Å². The van der Waals surface area contributed by atoms with Gasteiger partial charge in [0.05, 0.1) is 40.1 Å². The lowest BCUT2D eigenvalue weighted by molar-refractivity contribution is -0.385. The highest BCUT2D eigenvalue weighted by molar-refractivity contribution is 5.92. The number of carbonyl (C=O) groups is 8. The minimum absolute atomic E-state index is 0.0780. The summed E-state index contributed by atoms with van der Waals surface area (Å²) >= 11 is 0. The van der Waals surface area contributed by atoms with Gasteiger partial charge in [-0.05, 0) is 50.6 Å². The van der Waals surface area contributed by atoms with Gasteiger partial charge in [0.25, 0.3) is 0 Å². The summed E-state index contributed by atoms with van der Waals surface area (Å²) in [4.78, 5) is 131. The molecule has 3 fully saturated rings. The highest BCUT2D eigenvalue weighted by atomic mass is 16.7. The number of aromatic nitrogens is 2. The Kier molecular flexibility index (Phi) is 14.6. The van der Waals surface area contributed by atoms with Crippen LogP contribution in [0.4, 0.5) is 0 Å². The van der Waals surface area contributed by atoms with Crippen LogP contribution in [0.5, 0.6) is 0 Å². The number of cyclic esters (lactones) is 1. The summed E-state index contributed by atoms with van der Waals surface area (Å²) in [5.74, 6) is -13.2. The molecule has 4 bridgehead atoms. The molecule has 2 aromatic heterocycles. The molecule has 1 aromatic carbocycles. The number of hydrogen-bond donors (Lipinski definition) is 1. The van der Waals surface area contributed by atoms with Crippen molar-refractivity contribution in [1.29, 1.82) is 0 Å². The van der Waals surface area contributed by atoms with Crippen molar-refractivity contribution in [3.05, 3.63) is 99.7 Å². The fourth-order valence-corrected chi connectivity index (χ4v) is 10.8. The van der Waals surface area contributed by atoms with Crippen LogP contribution in [0.3, 0.4) is 0 Å². The lowest BCUT2D eigenvalue weighted by Crippen LogP contribution is -2.89. The fourth-order valence-electron chi connectivity index (χ4n) is 10.8. The molecule has 14 unspecified atom stereocenters. The predicted octanol–water partition coefficient (Wildman–Crippen LogP) is 3.35. The molecule has 1 saturated heterocycles. The number of hydrogen-bond acceptors (Lipinski definition) is 20. The normalized spacial score (nSPS) is 33.1. The van der Waals surface area contributed by atoms with Crippen LogP contribution < -0.4 is 5.56 Å². The van der Waals surface area contributed by atoms with Crippen molar-refractivity contribution >= 4 is 47.8 Å². The number of fused-ring (bicyclic) bond motifs is 5. The van der Waals surface area contributed by atoms with Crippen LogP contribution in [-0.4, -0.2) is 129 Å². The summed E-state index contributed by atoms with van der Waals surface area (Å²) in [6.45, 7) is 9.75. The zero-order valence-corrected chi connectivity index (χ0v) is 41.4. The molecule has 4 heterocycles. The summed E-state index contributed by atoms with van der Waals surface area (Å²) in [7, 11) is 1.35. The van der Waals surface area contributed by atoms with Gasteiger partial charge in [-0.3, -0.25) is 33.8 Å². The average Bonchev–Trinajstić information content (AvgIpc) is 3.56. The fraction of sp³-hybridized carbons (Fsp3) is 0.529. The van der Waals surface area contributed by atoms with Gasteiger partial charge in [-0.1, -0.05) is 45.9 Å². The maximum absolute atomic E-state index is 15.0. The van der Waals surface area contributed by atoms with Gasteiger partial charge in [0.1, 0.15) is 42.0 Å². The second-order valence-electron chi connectivity index (χ2n) is 19.3. The molecular formula is C51H58N2O19. The van der Waals surface area contributed by atoms with E-state index < -0.39 is 149 Å². The minimum Gasteiger partial charge on any atom is -0.464 e. The number of ether oxygens (including phenoxy) is 9. The van der Waals surface area contributed by atoms with Crippen LogP contribution in [0.15, 0.2) is 71.8 Å². The van der Waals surface area contributed by atoms with E-state index in [9.17, 15) is 48.3 Å². The van der Waals surface area contributed by atoms with Crippen LogP contribution >= 0.6 is 0 Å². The smallest absolute Gasteiger partial charge is 0.340 e. The van der Waals surface area contributed by atoms with E-state index >= 15 is 0 Å². The van der Waals surface area contributed by atoms with Crippen LogP contribution in [0, 0.1) is 23.2 Å². The molecule has 21 nitrogen and oxygen atoms in total. The molecule has 72 heavy (non-hydrogen) atoms. The molecule has 2 aliphatic heterocycles. The predicted molar refractivity (Wildman–Crippen MR) is 244 cm³/mol. The van der Waals surface area contributed by atoms with Crippen LogP contribution in [0.2, 0.25) is 0 Å². The van der Waals surface area contributed by atoms with E-state index in [0.29, 0.717) is 0 Å². The molecule has 2 aliphatic carbocycles. The van der Waals surface area contributed by atoms with E-state index in [2.05, 4.69) is 4.98 Å². The highest BCUT2D eigenvalue weighted by Gasteiger charge is 2.92. The molecule has 0 radical (unpaired) electrons. The summed E-state index contributed by atoms with van der Waals surface area (Å²) in [5.41, 5.74) is -11.7. The molecule has 14 atom stereocenters. The molecule has 2 saturated carbocycles. The molecule has 386 valence electrons. The van der Waals surface area contributed by atoms with Crippen LogP contribution in [-0.2, 0) is 73.7 Å². The van der Waals surface area contributed by atoms with Gasteiger partial charge >= 0.3 is 47.8 Å². The van der Waals surface area contributed by atoms with Crippen LogP contribution in [0.25, 0.3) is 0 Å².